The summed E-state index contributed by atoms with van der Waals surface area (Å²) in [5.41, 5.74) is -0.188. The third-order valence-electron chi connectivity index (χ3n) is 3.60. The second kappa shape index (κ2) is 6.25. The van der Waals surface area contributed by atoms with Crippen LogP contribution in [0.1, 0.15) is 12.5 Å². The highest BCUT2D eigenvalue weighted by atomic mass is 19.4. The second-order valence-electron chi connectivity index (χ2n) is 4.98. The van der Waals surface area contributed by atoms with Crippen LogP contribution >= 0.6 is 0 Å². The van der Waals surface area contributed by atoms with Gasteiger partial charge in [0, 0.05) is 33.1 Å². The molecule has 1 aromatic rings. The van der Waals surface area contributed by atoms with Crippen molar-refractivity contribution in [3.05, 3.63) is 23.8 Å². The highest BCUT2D eigenvalue weighted by molar-refractivity contribution is 5.82. The van der Waals surface area contributed by atoms with Crippen molar-refractivity contribution in [2.24, 2.45) is 0 Å². The Bertz CT molecular complexity index is 567. The first-order valence-electron chi connectivity index (χ1n) is 6.75. The summed E-state index contributed by atoms with van der Waals surface area (Å²) in [5, 5.41) is 2.32. The predicted molar refractivity (Wildman–Crippen MR) is 75.6 cm³/mol. The number of nitrogens with zero attached hydrogens (tertiary/aromatic N) is 2. The van der Waals surface area contributed by atoms with Gasteiger partial charge in [-0.25, -0.2) is 0 Å². The van der Waals surface area contributed by atoms with Gasteiger partial charge in [0.2, 0.25) is 12.3 Å². The quantitative estimate of drug-likeness (QED) is 0.867. The third kappa shape index (κ3) is 3.49. The minimum atomic E-state index is -4.47. The topological polar surface area (TPSA) is 52.7 Å². The van der Waals surface area contributed by atoms with Crippen LogP contribution in [0.2, 0.25) is 0 Å². The number of piperazine rings is 1. The number of alkyl halides is 3. The summed E-state index contributed by atoms with van der Waals surface area (Å²) < 4.78 is 38.2. The van der Waals surface area contributed by atoms with E-state index in [4.69, 9.17) is 0 Å². The number of carbonyl (C=O) groups excluding carboxylic acids is 2. The summed E-state index contributed by atoms with van der Waals surface area (Å²) in [7, 11) is 0. The Kier molecular flexibility index (Phi) is 4.58. The van der Waals surface area contributed by atoms with E-state index in [9.17, 15) is 22.8 Å². The molecule has 1 aliphatic rings. The van der Waals surface area contributed by atoms with Crippen molar-refractivity contribution in [3.63, 3.8) is 0 Å². The van der Waals surface area contributed by atoms with Gasteiger partial charge in [-0.05, 0) is 18.2 Å². The molecule has 0 spiro atoms. The average Bonchev–Trinajstić information content (AvgIpc) is 2.47. The van der Waals surface area contributed by atoms with Crippen molar-refractivity contribution in [2.45, 2.75) is 13.1 Å². The molecule has 1 N–H and O–H groups in total. The van der Waals surface area contributed by atoms with Crippen LogP contribution in [0, 0.1) is 0 Å². The molecule has 1 saturated heterocycles. The van der Waals surface area contributed by atoms with Gasteiger partial charge in [-0.1, -0.05) is 0 Å². The number of hydrogen-bond donors (Lipinski definition) is 1. The molecule has 0 aromatic heterocycles. The first-order chi connectivity index (χ1) is 10.3. The number of nitrogens with one attached hydrogen (secondary N) is 1. The molecule has 22 heavy (non-hydrogen) atoms. The molecule has 1 heterocycles. The molecule has 0 unspecified atom stereocenters. The van der Waals surface area contributed by atoms with E-state index in [1.54, 1.807) is 4.90 Å². The molecule has 120 valence electrons. The standard InChI is InChI=1S/C14H16F3N3O2/c1-10(22)19-4-6-20(7-5-19)13-3-2-11(14(15,16)17)8-12(13)18-9-21/h2-3,8-9H,4-7H2,1H3,(H,18,21). The lowest BCUT2D eigenvalue weighted by molar-refractivity contribution is -0.137. The molecule has 1 aliphatic heterocycles. The summed E-state index contributed by atoms with van der Waals surface area (Å²) >= 11 is 0. The molecule has 0 bridgehead atoms. The fraction of sp³-hybridized carbons (Fsp3) is 0.429. The smallest absolute Gasteiger partial charge is 0.366 e. The Balaban J connectivity index is 2.23. The van der Waals surface area contributed by atoms with E-state index in [0.717, 1.165) is 12.1 Å². The zero-order valence-corrected chi connectivity index (χ0v) is 12.0. The molecule has 0 saturated carbocycles. The Morgan fingerprint density at radius 2 is 1.86 bits per heavy atom. The number of carbonyl (C=O) groups is 2. The monoisotopic (exact) mass is 315 g/mol. The van der Waals surface area contributed by atoms with Crippen LogP contribution in [0.3, 0.4) is 0 Å². The second-order valence-corrected chi connectivity index (χ2v) is 4.98. The maximum absolute atomic E-state index is 12.7. The van der Waals surface area contributed by atoms with Crippen molar-refractivity contribution in [2.75, 3.05) is 36.4 Å². The van der Waals surface area contributed by atoms with Gasteiger partial charge >= 0.3 is 6.18 Å². The molecule has 0 aliphatic carbocycles. The first kappa shape index (κ1) is 16.1. The summed E-state index contributed by atoms with van der Waals surface area (Å²) in [6.07, 6.45) is -4.12. The summed E-state index contributed by atoms with van der Waals surface area (Å²) in [6, 6.07) is 3.25. The SMILES string of the molecule is CC(=O)N1CCN(c2ccc(C(F)(F)F)cc2NC=O)CC1. The minimum absolute atomic E-state index is 0.0293. The van der Waals surface area contributed by atoms with E-state index in [1.807, 2.05) is 4.90 Å². The van der Waals surface area contributed by atoms with Crippen LogP contribution in [0.15, 0.2) is 18.2 Å². The van der Waals surface area contributed by atoms with Crippen molar-refractivity contribution in [1.82, 2.24) is 4.90 Å². The zero-order valence-electron chi connectivity index (χ0n) is 12.0. The van der Waals surface area contributed by atoms with Crippen molar-refractivity contribution >= 4 is 23.7 Å². The van der Waals surface area contributed by atoms with Crippen LogP contribution in [0.4, 0.5) is 24.5 Å². The average molecular weight is 315 g/mol. The summed E-state index contributed by atoms with van der Waals surface area (Å²) in [4.78, 5) is 25.5. The summed E-state index contributed by atoms with van der Waals surface area (Å²) in [5.74, 6) is -0.0293. The maximum Gasteiger partial charge on any atom is 0.416 e. The van der Waals surface area contributed by atoms with Gasteiger partial charge in [-0.15, -0.1) is 0 Å². The van der Waals surface area contributed by atoms with Gasteiger partial charge < -0.3 is 15.1 Å². The molecular weight excluding hydrogens is 299 g/mol. The van der Waals surface area contributed by atoms with E-state index in [2.05, 4.69) is 5.32 Å². The first-order valence-corrected chi connectivity index (χ1v) is 6.75. The molecule has 1 fully saturated rings. The largest absolute Gasteiger partial charge is 0.416 e. The number of hydrogen-bond acceptors (Lipinski definition) is 3. The van der Waals surface area contributed by atoms with Gasteiger partial charge in [0.1, 0.15) is 0 Å². The van der Waals surface area contributed by atoms with E-state index < -0.39 is 11.7 Å². The maximum atomic E-state index is 12.7. The zero-order chi connectivity index (χ0) is 16.3. The van der Waals surface area contributed by atoms with Crippen LogP contribution in [-0.4, -0.2) is 43.4 Å². The number of amides is 2. The predicted octanol–water partition coefficient (Wildman–Crippen LogP) is 1.94. The van der Waals surface area contributed by atoms with Crippen molar-refractivity contribution in [1.29, 1.82) is 0 Å². The van der Waals surface area contributed by atoms with Gasteiger partial charge in [0.15, 0.2) is 0 Å². The number of halogens is 3. The van der Waals surface area contributed by atoms with Crippen LogP contribution < -0.4 is 10.2 Å². The summed E-state index contributed by atoms with van der Waals surface area (Å²) in [6.45, 7) is 3.47. The van der Waals surface area contributed by atoms with E-state index in [0.29, 0.717) is 38.3 Å². The number of anilines is 2. The van der Waals surface area contributed by atoms with E-state index >= 15 is 0 Å². The van der Waals surface area contributed by atoms with Gasteiger partial charge in [0.25, 0.3) is 0 Å². The van der Waals surface area contributed by atoms with Crippen LogP contribution in [-0.2, 0) is 15.8 Å². The van der Waals surface area contributed by atoms with Crippen molar-refractivity contribution in [3.8, 4) is 0 Å². The lowest BCUT2D eigenvalue weighted by Crippen LogP contribution is -2.48. The molecule has 2 amide bonds. The molecule has 0 radical (unpaired) electrons. The Hall–Kier alpha value is -2.25. The molecule has 2 rings (SSSR count). The van der Waals surface area contributed by atoms with E-state index in [-0.39, 0.29) is 11.6 Å². The highest BCUT2D eigenvalue weighted by Crippen LogP contribution is 2.35. The number of rotatable bonds is 3. The molecule has 5 nitrogen and oxygen atoms in total. The highest BCUT2D eigenvalue weighted by Gasteiger charge is 2.31. The lowest BCUT2D eigenvalue weighted by atomic mass is 10.1. The lowest BCUT2D eigenvalue weighted by Gasteiger charge is -2.36. The molecule has 1 aromatic carbocycles. The van der Waals surface area contributed by atoms with Crippen LogP contribution in [0.25, 0.3) is 0 Å². The van der Waals surface area contributed by atoms with Gasteiger partial charge in [0.05, 0.1) is 16.9 Å². The Morgan fingerprint density at radius 3 is 2.36 bits per heavy atom. The molecule has 8 heteroatoms. The fourth-order valence-electron chi connectivity index (χ4n) is 2.43. The Labute approximate surface area is 125 Å². The van der Waals surface area contributed by atoms with Gasteiger partial charge in [-0.3, -0.25) is 9.59 Å². The normalized spacial score (nSPS) is 15.6. The Morgan fingerprint density at radius 1 is 1.23 bits per heavy atom. The van der Waals surface area contributed by atoms with E-state index in [1.165, 1.54) is 13.0 Å². The van der Waals surface area contributed by atoms with Crippen molar-refractivity contribution < 1.29 is 22.8 Å². The molecule has 0 atom stereocenters. The molecular formula is C14H16F3N3O2. The number of benzene rings is 1. The van der Waals surface area contributed by atoms with Gasteiger partial charge in [-0.2, -0.15) is 13.2 Å². The third-order valence-corrected chi connectivity index (χ3v) is 3.60. The fourth-order valence-corrected chi connectivity index (χ4v) is 2.43. The minimum Gasteiger partial charge on any atom is -0.366 e. The van der Waals surface area contributed by atoms with Crippen LogP contribution in [0.5, 0.6) is 0 Å².